The van der Waals surface area contributed by atoms with Crippen molar-refractivity contribution in [1.29, 1.82) is 0 Å². The minimum atomic E-state index is -0.361. The summed E-state index contributed by atoms with van der Waals surface area (Å²) in [7, 11) is 0. The smallest absolute Gasteiger partial charge is 0.231 e. The summed E-state index contributed by atoms with van der Waals surface area (Å²) in [6.07, 6.45) is 4.20. The lowest BCUT2D eigenvalue weighted by atomic mass is 9.99. The first kappa shape index (κ1) is 15.4. The van der Waals surface area contributed by atoms with Gasteiger partial charge in [0.1, 0.15) is 5.60 Å². The van der Waals surface area contributed by atoms with Gasteiger partial charge in [-0.3, -0.25) is 0 Å². The highest BCUT2D eigenvalue weighted by Gasteiger charge is 2.37. The van der Waals surface area contributed by atoms with Crippen LogP contribution in [0.5, 0.6) is 0 Å². The van der Waals surface area contributed by atoms with E-state index in [-0.39, 0.29) is 11.5 Å². The molecule has 0 aromatic carbocycles. The lowest BCUT2D eigenvalue weighted by molar-refractivity contribution is 0.00768. The Morgan fingerprint density at radius 3 is 2.80 bits per heavy atom. The van der Waals surface area contributed by atoms with Gasteiger partial charge in [-0.1, -0.05) is 25.9 Å². The average molecular weight is 281 g/mol. The minimum Gasteiger partial charge on any atom is -0.367 e. The molecule has 5 nitrogen and oxygen atoms in total. The number of nitrogens with zero attached hydrogens (tertiary/aromatic N) is 2. The molecule has 114 valence electrons. The third kappa shape index (κ3) is 3.20. The van der Waals surface area contributed by atoms with Gasteiger partial charge in [-0.25, -0.2) is 0 Å². The van der Waals surface area contributed by atoms with Crippen molar-refractivity contribution < 1.29 is 9.26 Å². The molecule has 1 aliphatic rings. The van der Waals surface area contributed by atoms with Crippen molar-refractivity contribution in [3.05, 3.63) is 11.7 Å². The van der Waals surface area contributed by atoms with Gasteiger partial charge in [0.25, 0.3) is 0 Å². The molecule has 5 heteroatoms. The Bertz CT molecular complexity index is 413. The van der Waals surface area contributed by atoms with Gasteiger partial charge in [0.2, 0.25) is 11.7 Å². The zero-order valence-electron chi connectivity index (χ0n) is 13.1. The van der Waals surface area contributed by atoms with E-state index in [2.05, 4.69) is 36.2 Å². The molecule has 1 aromatic rings. The van der Waals surface area contributed by atoms with E-state index >= 15 is 0 Å². The Hall–Kier alpha value is -0.940. The molecule has 0 radical (unpaired) electrons. The third-order valence-electron chi connectivity index (χ3n) is 4.22. The van der Waals surface area contributed by atoms with Crippen LogP contribution in [0.2, 0.25) is 0 Å². The second-order valence-corrected chi connectivity index (χ2v) is 5.90. The molecule has 1 saturated heterocycles. The summed E-state index contributed by atoms with van der Waals surface area (Å²) >= 11 is 0. The lowest BCUT2D eigenvalue weighted by Crippen LogP contribution is -2.34. The van der Waals surface area contributed by atoms with Crippen molar-refractivity contribution in [3.8, 4) is 0 Å². The standard InChI is InChI=1S/C15H27N3O2/c1-5-9-16-12(6-2)11(3)13-17-14(18-20-13)15(4)8-7-10-19-15/h11-12,16H,5-10H2,1-4H3. The predicted molar refractivity (Wildman–Crippen MR) is 77.6 cm³/mol. The molecular weight excluding hydrogens is 254 g/mol. The molecule has 2 heterocycles. The summed E-state index contributed by atoms with van der Waals surface area (Å²) < 4.78 is 11.3. The van der Waals surface area contributed by atoms with Gasteiger partial charge in [0, 0.05) is 12.6 Å². The molecule has 0 bridgehead atoms. The fourth-order valence-electron chi connectivity index (χ4n) is 2.77. The minimum absolute atomic E-state index is 0.220. The topological polar surface area (TPSA) is 60.2 Å². The highest BCUT2D eigenvalue weighted by atomic mass is 16.5. The maximum atomic E-state index is 5.77. The van der Waals surface area contributed by atoms with Crippen LogP contribution in [0.1, 0.15) is 71.0 Å². The molecule has 1 N–H and O–H groups in total. The summed E-state index contributed by atoms with van der Waals surface area (Å²) in [5, 5.41) is 7.70. The van der Waals surface area contributed by atoms with Gasteiger partial charge < -0.3 is 14.6 Å². The highest BCUT2D eigenvalue weighted by Crippen LogP contribution is 2.34. The summed E-state index contributed by atoms with van der Waals surface area (Å²) in [5.41, 5.74) is -0.361. The molecule has 1 fully saturated rings. The van der Waals surface area contributed by atoms with Crippen molar-refractivity contribution in [2.45, 2.75) is 70.9 Å². The molecule has 0 amide bonds. The quantitative estimate of drug-likeness (QED) is 0.832. The van der Waals surface area contributed by atoms with Crippen LogP contribution in [-0.4, -0.2) is 29.3 Å². The summed E-state index contributed by atoms with van der Waals surface area (Å²) in [6, 6.07) is 0.376. The van der Waals surface area contributed by atoms with Gasteiger partial charge in [0.15, 0.2) is 0 Å². The fourth-order valence-corrected chi connectivity index (χ4v) is 2.77. The molecular formula is C15H27N3O2. The number of hydrogen-bond donors (Lipinski definition) is 1. The number of hydrogen-bond acceptors (Lipinski definition) is 5. The summed E-state index contributed by atoms with van der Waals surface area (Å²) in [5.74, 6) is 1.63. The van der Waals surface area contributed by atoms with Gasteiger partial charge in [-0.05, 0) is 39.2 Å². The maximum Gasteiger partial charge on any atom is 0.231 e. The molecule has 0 saturated carbocycles. The third-order valence-corrected chi connectivity index (χ3v) is 4.22. The first-order valence-electron chi connectivity index (χ1n) is 7.82. The number of ether oxygens (including phenoxy) is 1. The highest BCUT2D eigenvalue weighted by molar-refractivity contribution is 5.05. The lowest BCUT2D eigenvalue weighted by Gasteiger charge is -2.21. The first-order valence-corrected chi connectivity index (χ1v) is 7.82. The molecule has 0 spiro atoms. The van der Waals surface area contributed by atoms with Crippen molar-refractivity contribution in [3.63, 3.8) is 0 Å². The molecule has 3 atom stereocenters. The van der Waals surface area contributed by atoms with Gasteiger partial charge >= 0.3 is 0 Å². The van der Waals surface area contributed by atoms with E-state index in [9.17, 15) is 0 Å². The normalized spacial score (nSPS) is 25.8. The Kier molecular flexibility index (Phi) is 5.16. The maximum absolute atomic E-state index is 5.77. The van der Waals surface area contributed by atoms with Crippen molar-refractivity contribution in [2.24, 2.45) is 0 Å². The molecule has 3 unspecified atom stereocenters. The Morgan fingerprint density at radius 1 is 1.40 bits per heavy atom. The van der Waals surface area contributed by atoms with E-state index < -0.39 is 0 Å². The molecule has 20 heavy (non-hydrogen) atoms. The van der Waals surface area contributed by atoms with E-state index in [1.807, 2.05) is 6.92 Å². The summed E-state index contributed by atoms with van der Waals surface area (Å²) in [4.78, 5) is 4.60. The Morgan fingerprint density at radius 2 is 2.20 bits per heavy atom. The van der Waals surface area contributed by atoms with Crippen molar-refractivity contribution in [1.82, 2.24) is 15.5 Å². The van der Waals surface area contributed by atoms with E-state index in [1.165, 1.54) is 0 Å². The van der Waals surface area contributed by atoms with E-state index in [1.54, 1.807) is 0 Å². The van der Waals surface area contributed by atoms with Crippen molar-refractivity contribution in [2.75, 3.05) is 13.2 Å². The van der Waals surface area contributed by atoms with Crippen LogP contribution in [0.25, 0.3) is 0 Å². The largest absolute Gasteiger partial charge is 0.367 e. The van der Waals surface area contributed by atoms with E-state index in [0.29, 0.717) is 17.8 Å². The average Bonchev–Trinajstić information content (AvgIpc) is 3.09. The zero-order chi connectivity index (χ0) is 14.6. The number of nitrogens with one attached hydrogen (secondary N) is 1. The second-order valence-electron chi connectivity index (χ2n) is 5.90. The number of rotatable bonds is 7. The SMILES string of the molecule is CCCNC(CC)C(C)c1nc(C2(C)CCCO2)no1. The zero-order valence-corrected chi connectivity index (χ0v) is 13.1. The van der Waals surface area contributed by atoms with Gasteiger partial charge in [-0.15, -0.1) is 0 Å². The monoisotopic (exact) mass is 281 g/mol. The first-order chi connectivity index (χ1) is 9.60. The number of aromatic nitrogens is 2. The van der Waals surface area contributed by atoms with E-state index in [4.69, 9.17) is 9.26 Å². The molecule has 1 aromatic heterocycles. The van der Waals surface area contributed by atoms with Crippen LogP contribution >= 0.6 is 0 Å². The van der Waals surface area contributed by atoms with E-state index in [0.717, 1.165) is 38.8 Å². The Labute approximate surface area is 121 Å². The predicted octanol–water partition coefficient (Wildman–Crippen LogP) is 2.98. The van der Waals surface area contributed by atoms with Crippen LogP contribution in [0, 0.1) is 0 Å². The molecule has 2 rings (SSSR count). The second kappa shape index (κ2) is 6.68. The van der Waals surface area contributed by atoms with Gasteiger partial charge in [0.05, 0.1) is 5.92 Å². The Balaban J connectivity index is 2.07. The van der Waals surface area contributed by atoms with Crippen LogP contribution in [-0.2, 0) is 10.3 Å². The fraction of sp³-hybridized carbons (Fsp3) is 0.867. The molecule has 1 aliphatic heterocycles. The summed E-state index contributed by atoms with van der Waals surface area (Å²) in [6.45, 7) is 10.4. The van der Waals surface area contributed by atoms with Crippen LogP contribution in [0.15, 0.2) is 4.52 Å². The van der Waals surface area contributed by atoms with Crippen LogP contribution in [0.4, 0.5) is 0 Å². The van der Waals surface area contributed by atoms with Crippen molar-refractivity contribution >= 4 is 0 Å². The molecule has 0 aliphatic carbocycles. The van der Waals surface area contributed by atoms with Gasteiger partial charge in [-0.2, -0.15) is 4.98 Å². The van der Waals surface area contributed by atoms with Crippen LogP contribution in [0.3, 0.4) is 0 Å². The van der Waals surface area contributed by atoms with Crippen LogP contribution < -0.4 is 5.32 Å².